The van der Waals surface area contributed by atoms with E-state index in [4.69, 9.17) is 4.74 Å². The average Bonchev–Trinajstić information content (AvgIpc) is 2.57. The lowest BCUT2D eigenvalue weighted by Gasteiger charge is -2.13. The number of pyridine rings is 1. The molecule has 0 spiro atoms. The number of hydrogen-bond donors (Lipinski definition) is 2. The molecule has 0 saturated carbocycles. The number of benzene rings is 1. The minimum atomic E-state index is 0.131. The monoisotopic (exact) mass is 326 g/mol. The fraction of sp³-hybridized carbons (Fsp3) is 0.368. The third-order valence-corrected chi connectivity index (χ3v) is 3.55. The fourth-order valence-electron chi connectivity index (χ4n) is 2.22. The van der Waals surface area contributed by atoms with Gasteiger partial charge in [0.25, 0.3) is 0 Å². The van der Waals surface area contributed by atoms with Crippen LogP contribution in [0.2, 0.25) is 0 Å². The molecule has 0 aliphatic rings. The summed E-state index contributed by atoms with van der Waals surface area (Å²) in [5.74, 6) is 1.41. The van der Waals surface area contributed by atoms with Gasteiger partial charge < -0.3 is 15.4 Å². The Hall–Kier alpha value is -2.56. The molecule has 24 heavy (non-hydrogen) atoms. The number of aliphatic imine (C=N–C) groups is 1. The maximum Gasteiger partial charge on any atom is 0.213 e. The Labute approximate surface area is 144 Å². The number of ether oxygens (including phenoxy) is 1. The first-order valence-corrected chi connectivity index (χ1v) is 8.19. The largest absolute Gasteiger partial charge is 0.475 e. The molecule has 1 aromatic carbocycles. The molecule has 0 saturated heterocycles. The van der Waals surface area contributed by atoms with E-state index in [1.54, 1.807) is 7.05 Å². The molecule has 0 bridgehead atoms. The number of hydrogen-bond acceptors (Lipinski definition) is 3. The predicted octanol–water partition coefficient (Wildman–Crippen LogP) is 3.04. The molecule has 0 fully saturated rings. The van der Waals surface area contributed by atoms with Crippen molar-refractivity contribution in [3.8, 4) is 5.88 Å². The summed E-state index contributed by atoms with van der Waals surface area (Å²) in [5, 5.41) is 6.62. The van der Waals surface area contributed by atoms with Crippen molar-refractivity contribution in [2.24, 2.45) is 4.99 Å². The second kappa shape index (κ2) is 8.91. The molecule has 0 aliphatic heterocycles. The highest BCUT2D eigenvalue weighted by atomic mass is 16.5. The molecule has 0 radical (unpaired) electrons. The Morgan fingerprint density at radius 3 is 2.50 bits per heavy atom. The maximum atomic E-state index is 5.55. The molecular formula is C19H26N4O. The number of nitrogens with one attached hydrogen (secondary N) is 2. The van der Waals surface area contributed by atoms with E-state index in [1.165, 1.54) is 11.1 Å². The van der Waals surface area contributed by atoms with E-state index in [0.29, 0.717) is 12.4 Å². The topological polar surface area (TPSA) is 58.5 Å². The van der Waals surface area contributed by atoms with Gasteiger partial charge in [0.2, 0.25) is 5.88 Å². The lowest BCUT2D eigenvalue weighted by atomic mass is 10.1. The fourth-order valence-corrected chi connectivity index (χ4v) is 2.22. The van der Waals surface area contributed by atoms with Crippen molar-refractivity contribution in [2.75, 3.05) is 7.05 Å². The van der Waals surface area contributed by atoms with E-state index in [0.717, 1.165) is 18.1 Å². The van der Waals surface area contributed by atoms with Crippen molar-refractivity contribution in [1.82, 2.24) is 15.6 Å². The van der Waals surface area contributed by atoms with Crippen LogP contribution in [0.3, 0.4) is 0 Å². The van der Waals surface area contributed by atoms with Gasteiger partial charge in [-0.05, 0) is 37.5 Å². The molecule has 0 aliphatic carbocycles. The summed E-state index contributed by atoms with van der Waals surface area (Å²) in [7, 11) is 1.77. The molecule has 0 amide bonds. The van der Waals surface area contributed by atoms with Crippen molar-refractivity contribution >= 4 is 5.96 Å². The predicted molar refractivity (Wildman–Crippen MR) is 98.2 cm³/mol. The molecule has 1 aromatic heterocycles. The van der Waals surface area contributed by atoms with Crippen LogP contribution in [0, 0.1) is 6.92 Å². The zero-order valence-electron chi connectivity index (χ0n) is 14.8. The first-order chi connectivity index (χ1) is 11.6. The SMILES string of the molecule is CN=C(NCc1ccc(OC(C)C)nc1)NCc1ccccc1C. The van der Waals surface area contributed by atoms with Gasteiger partial charge in [-0.2, -0.15) is 0 Å². The number of rotatable bonds is 6. The first-order valence-electron chi connectivity index (χ1n) is 8.19. The van der Waals surface area contributed by atoms with Crippen molar-refractivity contribution < 1.29 is 4.74 Å². The van der Waals surface area contributed by atoms with Gasteiger partial charge in [-0.3, -0.25) is 4.99 Å². The molecule has 0 unspecified atom stereocenters. The van der Waals surface area contributed by atoms with E-state index in [2.05, 4.69) is 39.7 Å². The third kappa shape index (κ3) is 5.57. The summed E-state index contributed by atoms with van der Waals surface area (Å²) in [6.07, 6.45) is 1.95. The number of aromatic nitrogens is 1. The van der Waals surface area contributed by atoms with Crippen LogP contribution in [0.25, 0.3) is 0 Å². The van der Waals surface area contributed by atoms with Crippen molar-refractivity contribution in [1.29, 1.82) is 0 Å². The first kappa shape index (κ1) is 17.8. The lowest BCUT2D eigenvalue weighted by molar-refractivity contribution is 0.232. The Kier molecular flexibility index (Phi) is 6.61. The number of guanidine groups is 1. The van der Waals surface area contributed by atoms with Gasteiger partial charge in [0, 0.05) is 32.4 Å². The Morgan fingerprint density at radius 1 is 1.12 bits per heavy atom. The van der Waals surface area contributed by atoms with Gasteiger partial charge in [-0.15, -0.1) is 0 Å². The van der Waals surface area contributed by atoms with Gasteiger partial charge in [0.1, 0.15) is 0 Å². The Morgan fingerprint density at radius 2 is 1.88 bits per heavy atom. The smallest absolute Gasteiger partial charge is 0.213 e. The highest BCUT2D eigenvalue weighted by Gasteiger charge is 2.03. The molecule has 2 rings (SSSR count). The van der Waals surface area contributed by atoms with Crippen molar-refractivity contribution in [2.45, 2.75) is 40.0 Å². The van der Waals surface area contributed by atoms with Gasteiger partial charge in [-0.25, -0.2) is 4.98 Å². The van der Waals surface area contributed by atoms with Gasteiger partial charge in [0.15, 0.2) is 5.96 Å². The van der Waals surface area contributed by atoms with E-state index >= 15 is 0 Å². The summed E-state index contributed by atoms with van der Waals surface area (Å²) < 4.78 is 5.55. The van der Waals surface area contributed by atoms with Gasteiger partial charge in [-0.1, -0.05) is 30.3 Å². The quantitative estimate of drug-likeness (QED) is 0.633. The summed E-state index contributed by atoms with van der Waals surface area (Å²) in [6, 6.07) is 12.2. The zero-order chi connectivity index (χ0) is 17.4. The minimum absolute atomic E-state index is 0.131. The van der Waals surface area contributed by atoms with Gasteiger partial charge >= 0.3 is 0 Å². The second-order valence-electron chi connectivity index (χ2n) is 5.88. The standard InChI is InChI=1S/C19H26N4O/c1-14(2)24-18-10-9-16(11-21-18)12-22-19(20-4)23-13-17-8-6-5-7-15(17)3/h5-11,14H,12-13H2,1-4H3,(H2,20,22,23). The molecule has 2 aromatic rings. The lowest BCUT2D eigenvalue weighted by Crippen LogP contribution is -2.36. The van der Waals surface area contributed by atoms with E-state index in [9.17, 15) is 0 Å². The number of nitrogens with zero attached hydrogens (tertiary/aromatic N) is 2. The highest BCUT2D eigenvalue weighted by molar-refractivity contribution is 5.79. The summed E-state index contributed by atoms with van der Waals surface area (Å²) in [4.78, 5) is 8.56. The molecule has 5 nitrogen and oxygen atoms in total. The van der Waals surface area contributed by atoms with Crippen LogP contribution in [0.4, 0.5) is 0 Å². The maximum absolute atomic E-state index is 5.55. The molecular weight excluding hydrogens is 300 g/mol. The van der Waals surface area contributed by atoms with Crippen LogP contribution in [0.1, 0.15) is 30.5 Å². The Bertz CT molecular complexity index is 665. The third-order valence-electron chi connectivity index (χ3n) is 3.55. The zero-order valence-corrected chi connectivity index (χ0v) is 14.8. The minimum Gasteiger partial charge on any atom is -0.475 e. The van der Waals surface area contributed by atoms with Crippen LogP contribution in [0.5, 0.6) is 5.88 Å². The van der Waals surface area contributed by atoms with Gasteiger partial charge in [0.05, 0.1) is 6.10 Å². The molecule has 1 heterocycles. The Balaban J connectivity index is 1.84. The van der Waals surface area contributed by atoms with Crippen LogP contribution >= 0.6 is 0 Å². The average molecular weight is 326 g/mol. The van der Waals surface area contributed by atoms with Crippen molar-refractivity contribution in [3.05, 3.63) is 59.3 Å². The normalized spacial score (nSPS) is 11.5. The molecule has 2 N–H and O–H groups in total. The summed E-state index contributed by atoms with van der Waals surface area (Å²) in [5.41, 5.74) is 3.60. The van der Waals surface area contributed by atoms with E-state index in [-0.39, 0.29) is 6.10 Å². The summed E-state index contributed by atoms with van der Waals surface area (Å²) in [6.45, 7) is 7.48. The molecule has 128 valence electrons. The van der Waals surface area contributed by atoms with E-state index in [1.807, 2.05) is 44.3 Å². The van der Waals surface area contributed by atoms with Crippen LogP contribution < -0.4 is 15.4 Å². The summed E-state index contributed by atoms with van der Waals surface area (Å²) >= 11 is 0. The van der Waals surface area contributed by atoms with E-state index < -0.39 is 0 Å². The van der Waals surface area contributed by atoms with Crippen LogP contribution in [-0.2, 0) is 13.1 Å². The van der Waals surface area contributed by atoms with Crippen LogP contribution in [-0.4, -0.2) is 24.1 Å². The van der Waals surface area contributed by atoms with Crippen molar-refractivity contribution in [3.63, 3.8) is 0 Å². The molecule has 0 atom stereocenters. The van der Waals surface area contributed by atoms with Crippen LogP contribution in [0.15, 0.2) is 47.6 Å². The highest BCUT2D eigenvalue weighted by Crippen LogP contribution is 2.09. The second-order valence-corrected chi connectivity index (χ2v) is 5.88. The number of aryl methyl sites for hydroxylation is 1. The molecule has 5 heteroatoms.